The minimum Gasteiger partial charge on any atom is -0.383 e. The molecule has 174 valence electrons. The first-order chi connectivity index (χ1) is 15.9. The summed E-state index contributed by atoms with van der Waals surface area (Å²) in [5.41, 5.74) is 1.07. The predicted octanol–water partition coefficient (Wildman–Crippen LogP) is 1.38. The van der Waals surface area contributed by atoms with Gasteiger partial charge in [0, 0.05) is 45.0 Å². The zero-order valence-electron chi connectivity index (χ0n) is 18.3. The van der Waals surface area contributed by atoms with Gasteiger partial charge in [0.15, 0.2) is 0 Å². The number of rotatable bonds is 7. The quantitative estimate of drug-likeness (QED) is 0.501. The van der Waals surface area contributed by atoms with Crippen molar-refractivity contribution in [1.82, 2.24) is 24.6 Å². The number of H-pyrrole nitrogens is 1. The molecule has 0 atom stereocenters. The van der Waals surface area contributed by atoms with E-state index in [1.54, 1.807) is 18.5 Å². The molecule has 2 fully saturated rings. The summed E-state index contributed by atoms with van der Waals surface area (Å²) in [4.78, 5) is 29.5. The first-order valence-corrected chi connectivity index (χ1v) is 12.4. The third kappa shape index (κ3) is 4.07. The largest absolute Gasteiger partial charge is 0.383 e. The maximum atomic E-state index is 13.3. The van der Waals surface area contributed by atoms with Gasteiger partial charge in [0.25, 0.3) is 5.91 Å². The minimum atomic E-state index is -3.64. The van der Waals surface area contributed by atoms with Crippen LogP contribution in [0, 0.1) is 0 Å². The Morgan fingerprint density at radius 3 is 2.70 bits per heavy atom. The summed E-state index contributed by atoms with van der Waals surface area (Å²) in [6.07, 6.45) is 5.29. The Labute approximate surface area is 192 Å². The van der Waals surface area contributed by atoms with Crippen LogP contribution in [-0.4, -0.2) is 79.6 Å². The molecule has 1 saturated carbocycles. The van der Waals surface area contributed by atoms with Crippen molar-refractivity contribution >= 4 is 32.8 Å². The lowest BCUT2D eigenvalue weighted by Crippen LogP contribution is -2.57. The number of amides is 1. The molecule has 11 heteroatoms. The number of benzene rings is 1. The maximum Gasteiger partial charge on any atom is 0.254 e. The van der Waals surface area contributed by atoms with Crippen LogP contribution in [0.1, 0.15) is 23.2 Å². The molecule has 1 saturated heterocycles. The fourth-order valence-electron chi connectivity index (χ4n) is 4.45. The van der Waals surface area contributed by atoms with Crippen molar-refractivity contribution in [2.75, 3.05) is 44.8 Å². The summed E-state index contributed by atoms with van der Waals surface area (Å²) in [5, 5.41) is 0.976. The molecule has 33 heavy (non-hydrogen) atoms. The van der Waals surface area contributed by atoms with Gasteiger partial charge in [-0.25, -0.2) is 23.1 Å². The van der Waals surface area contributed by atoms with Crippen LogP contribution in [0.5, 0.6) is 0 Å². The molecule has 10 nitrogen and oxygen atoms in total. The van der Waals surface area contributed by atoms with Crippen LogP contribution in [0.25, 0.3) is 11.0 Å². The van der Waals surface area contributed by atoms with Gasteiger partial charge < -0.3 is 19.5 Å². The third-order valence-corrected chi connectivity index (χ3v) is 7.84. The highest BCUT2D eigenvalue weighted by atomic mass is 32.2. The maximum absolute atomic E-state index is 13.3. The predicted molar refractivity (Wildman–Crippen MR) is 123 cm³/mol. The summed E-state index contributed by atoms with van der Waals surface area (Å²) >= 11 is 0. The number of carbonyl (C=O) groups is 1. The molecular formula is C22H26N6O4S. The Morgan fingerprint density at radius 2 is 1.97 bits per heavy atom. The average Bonchev–Trinajstić information content (AvgIpc) is 3.40. The van der Waals surface area contributed by atoms with E-state index in [-0.39, 0.29) is 29.5 Å². The number of carbonyl (C=O) groups excluding carboxylic acids is 1. The molecule has 1 aliphatic heterocycles. The Hall–Kier alpha value is -3.02. The molecule has 2 aliphatic rings. The zero-order chi connectivity index (χ0) is 23.1. The number of fused-ring (bicyclic) bond motifs is 1. The van der Waals surface area contributed by atoms with Crippen LogP contribution < -0.4 is 9.62 Å². The Kier molecular flexibility index (Phi) is 5.55. The Morgan fingerprint density at radius 1 is 1.18 bits per heavy atom. The third-order valence-electron chi connectivity index (χ3n) is 6.37. The number of aromatic amines is 1. The minimum absolute atomic E-state index is 0.0714. The van der Waals surface area contributed by atoms with E-state index in [9.17, 15) is 13.2 Å². The van der Waals surface area contributed by atoms with Gasteiger partial charge in [0.2, 0.25) is 10.0 Å². The topological polar surface area (TPSA) is 121 Å². The van der Waals surface area contributed by atoms with Gasteiger partial charge in [-0.3, -0.25) is 4.79 Å². The molecule has 0 radical (unpaired) electrons. The summed E-state index contributed by atoms with van der Waals surface area (Å²) in [7, 11) is -2.13. The molecule has 1 amide bonds. The second kappa shape index (κ2) is 8.40. The van der Waals surface area contributed by atoms with E-state index in [1.807, 2.05) is 17.2 Å². The summed E-state index contributed by atoms with van der Waals surface area (Å²) in [5.74, 6) is 0.813. The van der Waals surface area contributed by atoms with Crippen molar-refractivity contribution in [1.29, 1.82) is 0 Å². The van der Waals surface area contributed by atoms with Crippen molar-refractivity contribution in [3.8, 4) is 0 Å². The van der Waals surface area contributed by atoms with E-state index in [1.165, 1.54) is 19.2 Å². The van der Waals surface area contributed by atoms with E-state index in [0.717, 1.165) is 29.7 Å². The van der Waals surface area contributed by atoms with Crippen LogP contribution in [0.3, 0.4) is 0 Å². The molecule has 2 N–H and O–H groups in total. The molecule has 3 heterocycles. The lowest BCUT2D eigenvalue weighted by Gasteiger charge is -2.42. The van der Waals surface area contributed by atoms with Crippen LogP contribution in [-0.2, 0) is 14.8 Å². The molecule has 5 rings (SSSR count). The highest BCUT2D eigenvalue weighted by molar-refractivity contribution is 7.89. The van der Waals surface area contributed by atoms with Crippen molar-refractivity contribution in [3.63, 3.8) is 0 Å². The molecule has 1 aliphatic carbocycles. The van der Waals surface area contributed by atoms with Gasteiger partial charge in [0.05, 0.1) is 22.4 Å². The average molecular weight is 471 g/mol. The summed E-state index contributed by atoms with van der Waals surface area (Å²) < 4.78 is 32.1. The van der Waals surface area contributed by atoms with Crippen LogP contribution in [0.4, 0.5) is 5.82 Å². The van der Waals surface area contributed by atoms with Crippen LogP contribution in [0.15, 0.2) is 47.8 Å². The van der Waals surface area contributed by atoms with Gasteiger partial charge in [-0.15, -0.1) is 0 Å². The van der Waals surface area contributed by atoms with Crippen molar-refractivity contribution in [2.24, 2.45) is 0 Å². The Bertz CT molecular complexity index is 1270. The van der Waals surface area contributed by atoms with Crippen molar-refractivity contribution < 1.29 is 17.9 Å². The lowest BCUT2D eigenvalue weighted by atomic mass is 10.1. The van der Waals surface area contributed by atoms with E-state index in [2.05, 4.69) is 24.6 Å². The molecule has 1 aromatic carbocycles. The number of methoxy groups -OCH3 is 1. The van der Waals surface area contributed by atoms with Gasteiger partial charge in [-0.1, -0.05) is 0 Å². The smallest absolute Gasteiger partial charge is 0.254 e. The number of hydrogen-bond donors (Lipinski definition) is 2. The van der Waals surface area contributed by atoms with E-state index in [0.29, 0.717) is 25.2 Å². The number of nitrogens with zero attached hydrogens (tertiary/aromatic N) is 4. The SMILES string of the molecule is COCCNS(=O)(=O)c1ccc(C(=O)N2CCN(c3ncnc4[nH]ccc34)CC23CC3)cc1. The number of aromatic nitrogens is 3. The Balaban J connectivity index is 1.31. The molecular weight excluding hydrogens is 444 g/mol. The number of nitrogens with one attached hydrogen (secondary N) is 2. The van der Waals surface area contributed by atoms with E-state index >= 15 is 0 Å². The highest BCUT2D eigenvalue weighted by Gasteiger charge is 2.53. The van der Waals surface area contributed by atoms with Gasteiger partial charge >= 0.3 is 0 Å². The number of anilines is 1. The lowest BCUT2D eigenvalue weighted by molar-refractivity contribution is 0.0624. The number of ether oxygens (including phenoxy) is 1. The zero-order valence-corrected chi connectivity index (χ0v) is 19.1. The van der Waals surface area contributed by atoms with Crippen LogP contribution in [0.2, 0.25) is 0 Å². The first-order valence-electron chi connectivity index (χ1n) is 10.9. The molecule has 0 bridgehead atoms. The van der Waals surface area contributed by atoms with Crippen LogP contribution >= 0.6 is 0 Å². The monoisotopic (exact) mass is 470 g/mol. The second-order valence-electron chi connectivity index (χ2n) is 8.45. The highest BCUT2D eigenvalue weighted by Crippen LogP contribution is 2.46. The number of hydrogen-bond acceptors (Lipinski definition) is 7. The summed E-state index contributed by atoms with van der Waals surface area (Å²) in [6, 6.07) is 8.10. The fourth-order valence-corrected chi connectivity index (χ4v) is 5.47. The molecule has 2 aromatic heterocycles. The number of sulfonamides is 1. The first kappa shape index (κ1) is 21.8. The van der Waals surface area contributed by atoms with Gasteiger partial charge in [0.1, 0.15) is 17.8 Å². The number of piperazine rings is 1. The van der Waals surface area contributed by atoms with Gasteiger partial charge in [-0.05, 0) is 43.2 Å². The van der Waals surface area contributed by atoms with E-state index < -0.39 is 10.0 Å². The normalized spacial score (nSPS) is 17.6. The summed E-state index contributed by atoms with van der Waals surface area (Å²) in [6.45, 7) is 2.43. The second-order valence-corrected chi connectivity index (χ2v) is 10.2. The molecule has 0 unspecified atom stereocenters. The van der Waals surface area contributed by atoms with Gasteiger partial charge in [-0.2, -0.15) is 0 Å². The fraction of sp³-hybridized carbons (Fsp3) is 0.409. The standard InChI is InChI=1S/C22H26N6O4S/c1-32-13-10-26-33(30,31)17-4-2-16(3-5-17)21(29)28-12-11-27(14-22(28)7-8-22)20-18-6-9-23-19(18)24-15-25-20/h2-6,9,15,26H,7-8,10-14H2,1H3,(H,23,24,25). The van der Waals surface area contributed by atoms with Crippen molar-refractivity contribution in [3.05, 3.63) is 48.4 Å². The van der Waals surface area contributed by atoms with E-state index in [4.69, 9.17) is 4.74 Å². The molecule has 3 aromatic rings. The van der Waals surface area contributed by atoms with Crippen molar-refractivity contribution in [2.45, 2.75) is 23.3 Å². The molecule has 1 spiro atoms.